The Morgan fingerprint density at radius 1 is 1.40 bits per heavy atom. The number of carbonyl (C=O) groups excluding carboxylic acids is 1. The predicted molar refractivity (Wildman–Crippen MR) is 48.4 cm³/mol. The standard InChI is InChI=1S/C8H15F3N2O2/c1-7(2,5-14)13(3)6(15)12-4-8(9,10)11/h14H,4-5H2,1-3H3,(H,12,15). The lowest BCUT2D eigenvalue weighted by atomic mass is 10.1. The van der Waals surface area contributed by atoms with Gasteiger partial charge in [0.2, 0.25) is 0 Å². The summed E-state index contributed by atoms with van der Waals surface area (Å²) in [7, 11) is 1.32. The molecule has 0 radical (unpaired) electrons. The number of alkyl halides is 3. The van der Waals surface area contributed by atoms with Gasteiger partial charge in [0.15, 0.2) is 0 Å². The van der Waals surface area contributed by atoms with Gasteiger partial charge in [-0.25, -0.2) is 4.79 Å². The zero-order valence-electron chi connectivity index (χ0n) is 8.85. The molecule has 7 heteroatoms. The number of aliphatic hydroxyl groups is 1. The average molecular weight is 228 g/mol. The lowest BCUT2D eigenvalue weighted by Crippen LogP contribution is -2.52. The predicted octanol–water partition coefficient (Wildman–Crippen LogP) is 0.961. The lowest BCUT2D eigenvalue weighted by Gasteiger charge is -2.33. The molecule has 0 aromatic carbocycles. The van der Waals surface area contributed by atoms with E-state index in [1.807, 2.05) is 0 Å². The SMILES string of the molecule is CN(C(=O)NCC(F)(F)F)C(C)(C)CO. The summed E-state index contributed by atoms with van der Waals surface area (Å²) in [6.07, 6.45) is -4.43. The summed E-state index contributed by atoms with van der Waals surface area (Å²) in [5.41, 5.74) is -0.893. The number of likely N-dealkylation sites (N-methyl/N-ethyl adjacent to an activating group) is 1. The van der Waals surface area contributed by atoms with Crippen LogP contribution in [0.25, 0.3) is 0 Å². The van der Waals surface area contributed by atoms with Crippen LogP contribution in [0.3, 0.4) is 0 Å². The zero-order chi connectivity index (χ0) is 12.3. The van der Waals surface area contributed by atoms with Gasteiger partial charge in [-0.2, -0.15) is 13.2 Å². The van der Waals surface area contributed by atoms with Crippen molar-refractivity contribution in [2.24, 2.45) is 0 Å². The third-order valence-corrected chi connectivity index (χ3v) is 2.04. The summed E-state index contributed by atoms with van der Waals surface area (Å²) < 4.78 is 35.3. The molecule has 15 heavy (non-hydrogen) atoms. The normalized spacial score (nSPS) is 12.5. The van der Waals surface area contributed by atoms with Crippen LogP contribution in [0.15, 0.2) is 0 Å². The van der Waals surface area contributed by atoms with Gasteiger partial charge in [0.25, 0.3) is 0 Å². The quantitative estimate of drug-likeness (QED) is 0.756. The van der Waals surface area contributed by atoms with E-state index in [1.165, 1.54) is 7.05 Å². The second kappa shape index (κ2) is 4.69. The summed E-state index contributed by atoms with van der Waals surface area (Å²) in [4.78, 5) is 12.2. The molecular formula is C8H15F3N2O2. The molecule has 0 heterocycles. The van der Waals surface area contributed by atoms with Crippen LogP contribution < -0.4 is 5.32 Å². The third-order valence-electron chi connectivity index (χ3n) is 2.04. The van der Waals surface area contributed by atoms with Gasteiger partial charge in [0.1, 0.15) is 6.54 Å². The fourth-order valence-corrected chi connectivity index (χ4v) is 0.675. The third kappa shape index (κ3) is 4.87. The van der Waals surface area contributed by atoms with E-state index in [9.17, 15) is 18.0 Å². The molecule has 0 aliphatic carbocycles. The maximum Gasteiger partial charge on any atom is 0.405 e. The molecule has 0 unspecified atom stereocenters. The van der Waals surface area contributed by atoms with Gasteiger partial charge in [-0.3, -0.25) is 0 Å². The molecule has 2 amide bonds. The summed E-state index contributed by atoms with van der Waals surface area (Å²) in [6.45, 7) is 1.38. The van der Waals surface area contributed by atoms with Crippen molar-refractivity contribution >= 4 is 6.03 Å². The number of hydrogen-bond donors (Lipinski definition) is 2. The van der Waals surface area contributed by atoms with E-state index in [0.29, 0.717) is 0 Å². The largest absolute Gasteiger partial charge is 0.405 e. The molecule has 90 valence electrons. The first-order valence-corrected chi connectivity index (χ1v) is 4.29. The topological polar surface area (TPSA) is 52.6 Å². The summed E-state index contributed by atoms with van der Waals surface area (Å²) in [5, 5.41) is 10.6. The fourth-order valence-electron chi connectivity index (χ4n) is 0.675. The molecule has 0 spiro atoms. The van der Waals surface area contributed by atoms with Crippen LogP contribution in [-0.4, -0.2) is 48.0 Å². The molecule has 0 rings (SSSR count). The van der Waals surface area contributed by atoms with Gasteiger partial charge < -0.3 is 15.3 Å². The monoisotopic (exact) mass is 228 g/mol. The van der Waals surface area contributed by atoms with Crippen molar-refractivity contribution in [3.05, 3.63) is 0 Å². The highest BCUT2D eigenvalue weighted by atomic mass is 19.4. The summed E-state index contributed by atoms with van der Waals surface area (Å²) in [6, 6.07) is -0.869. The molecule has 0 aliphatic rings. The first-order chi connectivity index (χ1) is 6.60. The Morgan fingerprint density at radius 2 is 1.87 bits per heavy atom. The van der Waals surface area contributed by atoms with Gasteiger partial charge in [-0.15, -0.1) is 0 Å². The van der Waals surface area contributed by atoms with Gasteiger partial charge in [-0.05, 0) is 13.8 Å². The second-order valence-electron chi connectivity index (χ2n) is 3.80. The van der Waals surface area contributed by atoms with Gasteiger partial charge in [0.05, 0.1) is 12.1 Å². The number of aliphatic hydroxyl groups excluding tert-OH is 1. The van der Waals surface area contributed by atoms with Crippen molar-refractivity contribution in [1.29, 1.82) is 0 Å². The van der Waals surface area contributed by atoms with E-state index in [1.54, 1.807) is 19.2 Å². The second-order valence-corrected chi connectivity index (χ2v) is 3.80. The maximum atomic E-state index is 11.8. The van der Waals surface area contributed by atoms with E-state index >= 15 is 0 Å². The van der Waals surface area contributed by atoms with Crippen LogP contribution in [-0.2, 0) is 0 Å². The Morgan fingerprint density at radius 3 is 2.20 bits per heavy atom. The minimum absolute atomic E-state index is 0.330. The number of amides is 2. The maximum absolute atomic E-state index is 11.8. The van der Waals surface area contributed by atoms with Crippen LogP contribution in [0.5, 0.6) is 0 Å². The highest BCUT2D eigenvalue weighted by Crippen LogP contribution is 2.14. The number of urea groups is 1. The van der Waals surface area contributed by atoms with Crippen molar-refractivity contribution in [3.63, 3.8) is 0 Å². The Hall–Kier alpha value is -0.980. The average Bonchev–Trinajstić information content (AvgIpc) is 2.11. The first kappa shape index (κ1) is 14.0. The van der Waals surface area contributed by atoms with Crippen molar-refractivity contribution in [1.82, 2.24) is 10.2 Å². The van der Waals surface area contributed by atoms with E-state index < -0.39 is 24.3 Å². The minimum Gasteiger partial charge on any atom is -0.394 e. The Labute approximate surface area is 86.1 Å². The van der Waals surface area contributed by atoms with Gasteiger partial charge in [0, 0.05) is 7.05 Å². The van der Waals surface area contributed by atoms with E-state index in [0.717, 1.165) is 4.90 Å². The molecule has 0 fully saturated rings. The van der Waals surface area contributed by atoms with Crippen LogP contribution in [0.4, 0.5) is 18.0 Å². The number of hydrogen-bond acceptors (Lipinski definition) is 2. The van der Waals surface area contributed by atoms with Crippen LogP contribution >= 0.6 is 0 Å². The van der Waals surface area contributed by atoms with Crippen LogP contribution in [0.2, 0.25) is 0 Å². The molecule has 0 aromatic heterocycles. The fraction of sp³-hybridized carbons (Fsp3) is 0.875. The summed E-state index contributed by atoms with van der Waals surface area (Å²) in [5.74, 6) is 0. The molecule has 0 saturated carbocycles. The van der Waals surface area contributed by atoms with E-state index in [4.69, 9.17) is 5.11 Å². The number of nitrogens with one attached hydrogen (secondary N) is 1. The van der Waals surface area contributed by atoms with Gasteiger partial charge in [-0.1, -0.05) is 0 Å². The Kier molecular flexibility index (Phi) is 4.39. The number of rotatable bonds is 3. The minimum atomic E-state index is -4.43. The molecule has 2 N–H and O–H groups in total. The van der Waals surface area contributed by atoms with Crippen molar-refractivity contribution < 1.29 is 23.1 Å². The van der Waals surface area contributed by atoms with Crippen molar-refractivity contribution in [3.8, 4) is 0 Å². The molecule has 0 saturated heterocycles. The number of nitrogens with zero attached hydrogens (tertiary/aromatic N) is 1. The highest BCUT2D eigenvalue weighted by molar-refractivity contribution is 5.74. The van der Waals surface area contributed by atoms with Gasteiger partial charge >= 0.3 is 12.2 Å². The van der Waals surface area contributed by atoms with Crippen LogP contribution in [0, 0.1) is 0 Å². The summed E-state index contributed by atoms with van der Waals surface area (Å²) >= 11 is 0. The molecule has 4 nitrogen and oxygen atoms in total. The smallest absolute Gasteiger partial charge is 0.394 e. The van der Waals surface area contributed by atoms with E-state index in [2.05, 4.69) is 0 Å². The molecule has 0 atom stereocenters. The lowest BCUT2D eigenvalue weighted by molar-refractivity contribution is -0.123. The van der Waals surface area contributed by atoms with Crippen molar-refractivity contribution in [2.75, 3.05) is 20.2 Å². The molecular weight excluding hydrogens is 213 g/mol. The Balaban J connectivity index is 4.23. The number of halogens is 3. The van der Waals surface area contributed by atoms with Crippen molar-refractivity contribution in [2.45, 2.75) is 25.6 Å². The molecule has 0 aliphatic heterocycles. The highest BCUT2D eigenvalue weighted by Gasteiger charge is 2.31. The van der Waals surface area contributed by atoms with Crippen LogP contribution in [0.1, 0.15) is 13.8 Å². The first-order valence-electron chi connectivity index (χ1n) is 4.29. The zero-order valence-corrected chi connectivity index (χ0v) is 8.85. The Bertz CT molecular complexity index is 228. The molecule has 0 aromatic rings. The molecule has 0 bridgehead atoms. The van der Waals surface area contributed by atoms with E-state index in [-0.39, 0.29) is 6.61 Å². The number of carbonyl (C=O) groups is 1.